The van der Waals surface area contributed by atoms with Crippen LogP contribution in [0.3, 0.4) is 0 Å². The Balaban J connectivity index is 2.13. The zero-order valence-corrected chi connectivity index (χ0v) is 13.0. The van der Waals surface area contributed by atoms with E-state index in [1.165, 1.54) is 44.9 Å². The molecule has 3 heteroatoms. The Labute approximate surface area is 119 Å². The summed E-state index contributed by atoms with van der Waals surface area (Å²) in [6, 6.07) is 0.164. The first kappa shape index (κ1) is 16.9. The number of ether oxygens (including phenoxy) is 2. The molecule has 0 aromatic heterocycles. The van der Waals surface area contributed by atoms with Crippen molar-refractivity contribution >= 4 is 0 Å². The molecule has 0 saturated carbocycles. The third-order valence-electron chi connectivity index (χ3n) is 4.54. The fourth-order valence-electron chi connectivity index (χ4n) is 3.03. The molecule has 1 heterocycles. The fourth-order valence-corrected chi connectivity index (χ4v) is 3.03. The topological polar surface area (TPSA) is 44.5 Å². The van der Waals surface area contributed by atoms with Crippen molar-refractivity contribution in [3.63, 3.8) is 0 Å². The lowest BCUT2D eigenvalue weighted by Crippen LogP contribution is -2.52. The lowest BCUT2D eigenvalue weighted by Gasteiger charge is -2.40. The zero-order chi connectivity index (χ0) is 14.0. The van der Waals surface area contributed by atoms with Gasteiger partial charge in [0.1, 0.15) is 0 Å². The highest BCUT2D eigenvalue weighted by atomic mass is 16.5. The van der Waals surface area contributed by atoms with Gasteiger partial charge in [0.2, 0.25) is 0 Å². The molecule has 2 N–H and O–H groups in total. The maximum absolute atomic E-state index is 6.38. The van der Waals surface area contributed by atoms with Crippen LogP contribution in [0.4, 0.5) is 0 Å². The van der Waals surface area contributed by atoms with Crippen LogP contribution in [-0.4, -0.2) is 32.0 Å². The Morgan fingerprint density at radius 1 is 1.05 bits per heavy atom. The standard InChI is InChI=1S/C16H33NO2/c1-3-4-5-6-7-8-9-10-15(17)16(18-2)11-13-19-14-12-16/h15H,3-14,17H2,1-2H3. The molecule has 1 saturated heterocycles. The van der Waals surface area contributed by atoms with E-state index in [1.807, 2.05) is 0 Å². The molecule has 0 spiro atoms. The molecule has 0 aromatic rings. The van der Waals surface area contributed by atoms with Gasteiger partial charge < -0.3 is 15.2 Å². The predicted octanol–water partition coefficient (Wildman–Crippen LogP) is 3.65. The van der Waals surface area contributed by atoms with Crippen molar-refractivity contribution in [1.82, 2.24) is 0 Å². The van der Waals surface area contributed by atoms with E-state index < -0.39 is 0 Å². The van der Waals surface area contributed by atoms with Crippen LogP contribution in [-0.2, 0) is 9.47 Å². The number of rotatable bonds is 10. The van der Waals surface area contributed by atoms with Gasteiger partial charge in [-0.05, 0) is 6.42 Å². The molecular formula is C16H33NO2. The molecule has 114 valence electrons. The van der Waals surface area contributed by atoms with Gasteiger partial charge in [-0.25, -0.2) is 0 Å². The largest absolute Gasteiger partial charge is 0.381 e. The Kier molecular flexibility index (Phi) is 8.67. The van der Waals surface area contributed by atoms with Crippen molar-refractivity contribution in [2.75, 3.05) is 20.3 Å². The molecule has 0 amide bonds. The van der Waals surface area contributed by atoms with Crippen molar-refractivity contribution < 1.29 is 9.47 Å². The molecule has 3 nitrogen and oxygen atoms in total. The summed E-state index contributed by atoms with van der Waals surface area (Å²) in [5, 5.41) is 0. The maximum atomic E-state index is 6.38. The first-order chi connectivity index (χ1) is 9.25. The molecule has 1 unspecified atom stereocenters. The number of unbranched alkanes of at least 4 members (excludes halogenated alkanes) is 6. The van der Waals surface area contributed by atoms with Crippen molar-refractivity contribution in [1.29, 1.82) is 0 Å². The van der Waals surface area contributed by atoms with Gasteiger partial charge >= 0.3 is 0 Å². The van der Waals surface area contributed by atoms with Gasteiger partial charge in [-0.15, -0.1) is 0 Å². The molecule has 1 aliphatic rings. The number of hydrogen-bond donors (Lipinski definition) is 1. The molecule has 1 atom stereocenters. The van der Waals surface area contributed by atoms with Gasteiger partial charge in [0, 0.05) is 39.2 Å². The molecule has 0 radical (unpaired) electrons. The lowest BCUT2D eigenvalue weighted by atomic mass is 9.83. The number of hydrogen-bond acceptors (Lipinski definition) is 3. The fraction of sp³-hybridized carbons (Fsp3) is 1.00. The monoisotopic (exact) mass is 271 g/mol. The van der Waals surface area contributed by atoms with Crippen molar-refractivity contribution in [3.8, 4) is 0 Å². The second-order valence-corrected chi connectivity index (χ2v) is 5.90. The number of methoxy groups -OCH3 is 1. The Morgan fingerprint density at radius 3 is 2.21 bits per heavy atom. The highest BCUT2D eigenvalue weighted by Gasteiger charge is 2.38. The van der Waals surface area contributed by atoms with Crippen molar-refractivity contribution in [2.45, 2.75) is 82.8 Å². The highest BCUT2D eigenvalue weighted by molar-refractivity contribution is 4.92. The third kappa shape index (κ3) is 5.80. The first-order valence-electron chi connectivity index (χ1n) is 8.13. The molecule has 0 aromatic carbocycles. The Morgan fingerprint density at radius 2 is 1.63 bits per heavy atom. The van der Waals surface area contributed by atoms with Crippen LogP contribution in [0.2, 0.25) is 0 Å². The average molecular weight is 271 g/mol. The summed E-state index contributed by atoms with van der Waals surface area (Å²) < 4.78 is 11.2. The quantitative estimate of drug-likeness (QED) is 0.617. The van der Waals surface area contributed by atoms with Crippen LogP contribution in [0.5, 0.6) is 0 Å². The molecule has 19 heavy (non-hydrogen) atoms. The third-order valence-corrected chi connectivity index (χ3v) is 4.54. The van der Waals surface area contributed by atoms with E-state index in [2.05, 4.69) is 6.92 Å². The molecule has 0 bridgehead atoms. The SMILES string of the molecule is CCCCCCCCCC(N)C1(OC)CCOCC1. The van der Waals surface area contributed by atoms with Gasteiger partial charge in [0.05, 0.1) is 5.60 Å². The summed E-state index contributed by atoms with van der Waals surface area (Å²) in [5.41, 5.74) is 6.25. The van der Waals surface area contributed by atoms with Gasteiger partial charge in [0.15, 0.2) is 0 Å². The second kappa shape index (κ2) is 9.73. The summed E-state index contributed by atoms with van der Waals surface area (Å²) in [4.78, 5) is 0. The van der Waals surface area contributed by atoms with E-state index >= 15 is 0 Å². The molecule has 1 fully saturated rings. The number of nitrogens with two attached hydrogens (primary N) is 1. The van der Waals surface area contributed by atoms with E-state index in [-0.39, 0.29) is 11.6 Å². The highest BCUT2D eigenvalue weighted by Crippen LogP contribution is 2.29. The van der Waals surface area contributed by atoms with Gasteiger partial charge in [-0.2, -0.15) is 0 Å². The van der Waals surface area contributed by atoms with Crippen molar-refractivity contribution in [3.05, 3.63) is 0 Å². The lowest BCUT2D eigenvalue weighted by molar-refractivity contribution is -0.105. The van der Waals surface area contributed by atoms with Gasteiger partial charge in [0.25, 0.3) is 0 Å². The summed E-state index contributed by atoms with van der Waals surface area (Å²) in [6.07, 6.45) is 12.4. The molecular weight excluding hydrogens is 238 g/mol. The van der Waals surface area contributed by atoms with Gasteiger partial charge in [-0.1, -0.05) is 51.9 Å². The van der Waals surface area contributed by atoms with Crippen LogP contribution in [0.25, 0.3) is 0 Å². The predicted molar refractivity (Wildman–Crippen MR) is 80.4 cm³/mol. The van der Waals surface area contributed by atoms with E-state index in [0.717, 1.165) is 32.5 Å². The summed E-state index contributed by atoms with van der Waals surface area (Å²) in [6.45, 7) is 3.84. The summed E-state index contributed by atoms with van der Waals surface area (Å²) in [5.74, 6) is 0. The zero-order valence-electron chi connectivity index (χ0n) is 13.0. The Bertz CT molecular complexity index is 215. The van der Waals surface area contributed by atoms with E-state index in [9.17, 15) is 0 Å². The first-order valence-corrected chi connectivity index (χ1v) is 8.13. The summed E-state index contributed by atoms with van der Waals surface area (Å²) in [7, 11) is 1.80. The average Bonchev–Trinajstić information content (AvgIpc) is 2.46. The van der Waals surface area contributed by atoms with E-state index in [1.54, 1.807) is 7.11 Å². The molecule has 1 rings (SSSR count). The molecule has 1 aliphatic heterocycles. The summed E-state index contributed by atoms with van der Waals surface area (Å²) >= 11 is 0. The second-order valence-electron chi connectivity index (χ2n) is 5.90. The minimum Gasteiger partial charge on any atom is -0.381 e. The minimum atomic E-state index is -0.125. The smallest absolute Gasteiger partial charge is 0.0872 e. The Hall–Kier alpha value is -0.120. The van der Waals surface area contributed by atoms with Gasteiger partial charge in [-0.3, -0.25) is 0 Å². The van der Waals surface area contributed by atoms with Crippen LogP contribution < -0.4 is 5.73 Å². The van der Waals surface area contributed by atoms with Crippen LogP contribution >= 0.6 is 0 Å². The van der Waals surface area contributed by atoms with Crippen LogP contribution in [0.1, 0.15) is 71.1 Å². The van der Waals surface area contributed by atoms with Crippen LogP contribution in [0.15, 0.2) is 0 Å². The van der Waals surface area contributed by atoms with E-state index in [0.29, 0.717) is 0 Å². The molecule has 0 aliphatic carbocycles. The minimum absolute atomic E-state index is 0.125. The van der Waals surface area contributed by atoms with Crippen molar-refractivity contribution in [2.24, 2.45) is 5.73 Å². The van der Waals surface area contributed by atoms with Crippen LogP contribution in [0, 0.1) is 0 Å². The van der Waals surface area contributed by atoms with E-state index in [4.69, 9.17) is 15.2 Å². The normalized spacial score (nSPS) is 20.4. The maximum Gasteiger partial charge on any atom is 0.0872 e.